The first kappa shape index (κ1) is 25.2. The summed E-state index contributed by atoms with van der Waals surface area (Å²) in [5, 5.41) is 0. The first-order valence-corrected chi connectivity index (χ1v) is 17.9. The minimum atomic E-state index is -1.38. The summed E-state index contributed by atoms with van der Waals surface area (Å²) >= 11 is -1.38. The average Bonchev–Trinajstić information content (AvgIpc) is 2.77. The Morgan fingerprint density at radius 3 is 1.71 bits per heavy atom. The van der Waals surface area contributed by atoms with Gasteiger partial charge in [-0.1, -0.05) is 0 Å². The van der Waals surface area contributed by atoms with Crippen molar-refractivity contribution < 1.29 is 42.2 Å². The minimum Gasteiger partial charge on any atom is -1.00 e. The molecule has 0 saturated heterocycles. The molecular weight excluding hydrogens is 437 g/mol. The molecule has 0 aromatic rings. The zero-order valence-electron chi connectivity index (χ0n) is 18.8. The van der Waals surface area contributed by atoms with Gasteiger partial charge in [0.2, 0.25) is 0 Å². The van der Waals surface area contributed by atoms with Gasteiger partial charge >= 0.3 is 170 Å². The summed E-state index contributed by atoms with van der Waals surface area (Å²) < 4.78 is 6.62. The van der Waals surface area contributed by atoms with Gasteiger partial charge in [0.25, 0.3) is 0 Å². The number of halogens is 2. The maximum atomic E-state index is 4.65. The van der Waals surface area contributed by atoms with Gasteiger partial charge in [-0.25, -0.2) is 0 Å². The Balaban J connectivity index is 0.00000140. The largest absolute Gasteiger partial charge is 1.00 e. The zero-order chi connectivity index (χ0) is 18.6. The summed E-state index contributed by atoms with van der Waals surface area (Å²) in [6.45, 7) is 14.2. The van der Waals surface area contributed by atoms with E-state index in [0.717, 1.165) is 23.7 Å². The second-order valence-corrected chi connectivity index (χ2v) is 22.1. The molecule has 0 heterocycles. The number of allylic oxidation sites excluding steroid dienone is 4. The van der Waals surface area contributed by atoms with E-state index < -0.39 is 24.0 Å². The van der Waals surface area contributed by atoms with E-state index in [0.29, 0.717) is 5.54 Å². The summed E-state index contributed by atoms with van der Waals surface area (Å²) in [7, 11) is 0. The van der Waals surface area contributed by atoms with Gasteiger partial charge in [0.1, 0.15) is 0 Å². The predicted octanol–water partition coefficient (Wildman–Crippen LogP) is 0.110. The third kappa shape index (κ3) is 4.30. The van der Waals surface area contributed by atoms with Crippen LogP contribution in [0.25, 0.3) is 0 Å². The summed E-state index contributed by atoms with van der Waals surface area (Å²) in [5.74, 6) is 3.93. The van der Waals surface area contributed by atoms with Gasteiger partial charge < -0.3 is 24.8 Å². The van der Waals surface area contributed by atoms with Gasteiger partial charge in [-0.3, -0.25) is 0 Å². The third-order valence-corrected chi connectivity index (χ3v) is 24.5. The van der Waals surface area contributed by atoms with Crippen molar-refractivity contribution in [3.63, 3.8) is 0 Å². The summed E-state index contributed by atoms with van der Waals surface area (Å²) in [5.41, 5.74) is 5.58. The summed E-state index contributed by atoms with van der Waals surface area (Å²) in [4.78, 5) is 0. The van der Waals surface area contributed by atoms with E-state index in [9.17, 15) is 0 Å². The van der Waals surface area contributed by atoms with Crippen LogP contribution in [0.2, 0.25) is 12.1 Å². The van der Waals surface area contributed by atoms with Crippen LogP contribution in [0.1, 0.15) is 80.1 Å². The smallest absolute Gasteiger partial charge is 1.00 e. The average molecular weight is 477 g/mol. The van der Waals surface area contributed by atoms with Crippen molar-refractivity contribution >= 4 is 6.66 Å². The Kier molecular flexibility index (Phi) is 8.66. The molecule has 5 heteroatoms. The Bertz CT molecular complexity index is 605. The second-order valence-electron chi connectivity index (χ2n) is 10.3. The van der Waals surface area contributed by atoms with Crippen molar-refractivity contribution in [3.05, 3.63) is 20.6 Å². The van der Waals surface area contributed by atoms with Gasteiger partial charge in [-0.05, 0) is 0 Å². The number of hydrogen-bond acceptors (Lipinski definition) is 1. The van der Waals surface area contributed by atoms with E-state index in [1.54, 1.807) is 36.0 Å². The van der Waals surface area contributed by atoms with Gasteiger partial charge in [-0.15, -0.1) is 0 Å². The van der Waals surface area contributed by atoms with Gasteiger partial charge in [0.15, 0.2) is 0 Å². The van der Waals surface area contributed by atoms with Crippen LogP contribution in [0.3, 0.4) is 0 Å². The number of rotatable bonds is 6. The second kappa shape index (κ2) is 9.62. The Hall–Kier alpha value is 0.951. The van der Waals surface area contributed by atoms with Gasteiger partial charge in [-0.2, -0.15) is 0 Å². The molecule has 0 spiro atoms. The van der Waals surface area contributed by atoms with Crippen LogP contribution in [-0.2, 0) is 17.4 Å². The molecule has 4 fully saturated rings. The van der Waals surface area contributed by atoms with E-state index in [1.165, 1.54) is 31.4 Å². The summed E-state index contributed by atoms with van der Waals surface area (Å²) in [6, 6.07) is 3.01. The number of nitrogens with one attached hydrogen (secondary N) is 1. The van der Waals surface area contributed by atoms with E-state index in [1.807, 2.05) is 3.88 Å². The van der Waals surface area contributed by atoms with Gasteiger partial charge in [0, 0.05) is 0 Å². The Morgan fingerprint density at radius 1 is 0.893 bits per heavy atom. The minimum absolute atomic E-state index is 0. The topological polar surface area (TPSA) is 12.0 Å². The molecule has 1 nitrogen and oxygen atoms in total. The molecule has 28 heavy (non-hydrogen) atoms. The molecule has 159 valence electrons. The molecule has 0 aromatic carbocycles. The van der Waals surface area contributed by atoms with E-state index >= 15 is 0 Å². The van der Waals surface area contributed by atoms with Crippen molar-refractivity contribution in [2.24, 2.45) is 23.7 Å². The van der Waals surface area contributed by atoms with Crippen LogP contribution in [0.15, 0.2) is 20.6 Å². The molecular formula is C23H40Cl2NSiTi. The van der Waals surface area contributed by atoms with E-state index in [2.05, 4.69) is 45.3 Å². The molecule has 4 bridgehead atoms. The first-order valence-electron chi connectivity index (χ1n) is 11.4. The molecule has 5 aliphatic rings. The third-order valence-electron chi connectivity index (χ3n) is 8.76. The standard InChI is InChI=1S/C10H16N.C9H13.C4H11Si.2ClH.Ti/c11-10-4-7-1-8(5-10)3-9(2-7)6-10;1-6-5-7(2)9(4)8(6)3;1-3-5-4-2;;;/h7-9,11H,1-6H2;6H,1-4H3;5H,3-4H2,1-2H3;2*1H;/q-1;;;;;+3/p-2. The Morgan fingerprint density at radius 2 is 1.36 bits per heavy atom. The van der Waals surface area contributed by atoms with Crippen LogP contribution < -0.4 is 28.6 Å². The zero-order valence-corrected chi connectivity index (χ0v) is 23.0. The van der Waals surface area contributed by atoms with Crippen molar-refractivity contribution in [1.29, 1.82) is 0 Å². The first-order chi connectivity index (χ1) is 12.4. The molecule has 0 radical (unpaired) electrons. The van der Waals surface area contributed by atoms with E-state index in [-0.39, 0.29) is 24.8 Å². The van der Waals surface area contributed by atoms with Crippen LogP contribution in [0.5, 0.6) is 0 Å². The van der Waals surface area contributed by atoms with Crippen LogP contribution >= 0.6 is 0 Å². The molecule has 4 saturated carbocycles. The van der Waals surface area contributed by atoms with Crippen LogP contribution in [0.4, 0.5) is 0 Å². The normalized spacial score (nSPS) is 36.1. The Labute approximate surface area is 193 Å². The fraction of sp³-hybridized carbons (Fsp3) is 0.826. The molecule has 1 atom stereocenters. The molecule has 5 rings (SSSR count). The SMILES string of the molecule is CC[SiH](CC)[Ti+2]([NH]C12CC3CC(CC(C3)C1)C2)[C]1=C(C)C(C)=C(C)C1C.[Cl-].[Cl-]. The maximum absolute atomic E-state index is 4.65. The quantitative estimate of drug-likeness (QED) is 0.536. The summed E-state index contributed by atoms with van der Waals surface area (Å²) in [6.07, 6.45) is 9.27. The maximum Gasteiger partial charge on any atom is -1.00 e. The van der Waals surface area contributed by atoms with Crippen molar-refractivity contribution in [3.8, 4) is 0 Å². The molecule has 0 aliphatic heterocycles. The molecule has 5 aliphatic carbocycles. The van der Waals surface area contributed by atoms with Crippen molar-refractivity contribution in [2.75, 3.05) is 0 Å². The monoisotopic (exact) mass is 476 g/mol. The number of hydrogen-bond donors (Lipinski definition) is 1. The molecule has 0 amide bonds. The fourth-order valence-corrected chi connectivity index (χ4v) is 23.1. The molecule has 1 unspecified atom stereocenters. The van der Waals surface area contributed by atoms with E-state index in [4.69, 9.17) is 0 Å². The van der Waals surface area contributed by atoms with Crippen LogP contribution in [0, 0.1) is 23.7 Å². The molecule has 1 N–H and O–H groups in total. The predicted molar refractivity (Wildman–Crippen MR) is 112 cm³/mol. The van der Waals surface area contributed by atoms with Crippen molar-refractivity contribution in [1.82, 2.24) is 3.80 Å². The van der Waals surface area contributed by atoms with Crippen molar-refractivity contribution in [2.45, 2.75) is 97.7 Å². The fourth-order valence-electron chi connectivity index (χ4n) is 7.43. The molecule has 0 aromatic heterocycles. The van der Waals surface area contributed by atoms with Crippen LogP contribution in [-0.4, -0.2) is 12.2 Å². The van der Waals surface area contributed by atoms with Gasteiger partial charge in [0.05, 0.1) is 0 Å².